The smallest absolute Gasteiger partial charge is 0.320 e. The van der Waals surface area contributed by atoms with Gasteiger partial charge in [-0.2, -0.15) is 0 Å². The highest BCUT2D eigenvalue weighted by Gasteiger charge is 2.23. The number of rotatable bonds is 7. The zero-order valence-corrected chi connectivity index (χ0v) is 11.1. The minimum atomic E-state index is -0.763. The second-order valence-electron chi connectivity index (χ2n) is 4.43. The Bertz CT molecular complexity index is 393. The molecule has 1 unspecified atom stereocenters. The molecule has 18 heavy (non-hydrogen) atoms. The van der Waals surface area contributed by atoms with Crippen LogP contribution in [0.15, 0.2) is 24.3 Å². The monoisotopic (exact) mass is 250 g/mol. The third kappa shape index (κ3) is 3.74. The topological polar surface area (TPSA) is 66.6 Å². The number of anilines is 1. The van der Waals surface area contributed by atoms with E-state index in [2.05, 4.69) is 6.92 Å². The first kappa shape index (κ1) is 14.5. The maximum Gasteiger partial charge on any atom is 0.320 e. The van der Waals surface area contributed by atoms with Crippen molar-refractivity contribution in [1.82, 2.24) is 4.90 Å². The minimum Gasteiger partial charge on any atom is -0.480 e. The van der Waals surface area contributed by atoms with Crippen molar-refractivity contribution in [2.24, 2.45) is 0 Å². The van der Waals surface area contributed by atoms with Gasteiger partial charge in [0.25, 0.3) is 0 Å². The second-order valence-corrected chi connectivity index (χ2v) is 4.43. The van der Waals surface area contributed by atoms with E-state index in [1.165, 1.54) is 0 Å². The lowest BCUT2D eigenvalue weighted by atomic mass is 10.1. The van der Waals surface area contributed by atoms with E-state index in [4.69, 9.17) is 5.73 Å². The Morgan fingerprint density at radius 1 is 1.39 bits per heavy atom. The number of benzene rings is 1. The number of hydrogen-bond donors (Lipinski definition) is 2. The quantitative estimate of drug-likeness (QED) is 0.729. The first-order valence-corrected chi connectivity index (χ1v) is 6.40. The zero-order chi connectivity index (χ0) is 13.5. The molecule has 3 N–H and O–H groups in total. The van der Waals surface area contributed by atoms with Crippen LogP contribution in [-0.4, -0.2) is 28.6 Å². The number of carbonyl (C=O) groups is 1. The average Bonchev–Trinajstić information content (AvgIpc) is 2.32. The summed E-state index contributed by atoms with van der Waals surface area (Å²) in [6, 6.07) is 7.17. The molecule has 0 aliphatic rings. The molecule has 4 nitrogen and oxygen atoms in total. The summed E-state index contributed by atoms with van der Waals surface area (Å²) in [6.45, 7) is 5.30. The molecule has 0 spiro atoms. The molecule has 0 bridgehead atoms. The van der Waals surface area contributed by atoms with Crippen molar-refractivity contribution in [3.63, 3.8) is 0 Å². The van der Waals surface area contributed by atoms with Gasteiger partial charge in [0.15, 0.2) is 0 Å². The highest BCUT2D eigenvalue weighted by Crippen LogP contribution is 2.17. The van der Waals surface area contributed by atoms with Gasteiger partial charge in [-0.3, -0.25) is 9.69 Å². The van der Waals surface area contributed by atoms with E-state index >= 15 is 0 Å². The van der Waals surface area contributed by atoms with Crippen molar-refractivity contribution in [3.8, 4) is 0 Å². The van der Waals surface area contributed by atoms with Crippen LogP contribution < -0.4 is 5.73 Å². The molecule has 0 saturated carbocycles. The predicted molar refractivity (Wildman–Crippen MR) is 73.3 cm³/mol. The van der Waals surface area contributed by atoms with Crippen LogP contribution in [0, 0.1) is 0 Å². The Morgan fingerprint density at radius 3 is 2.56 bits per heavy atom. The Labute approximate surface area is 108 Å². The normalized spacial score (nSPS) is 12.6. The number of carboxylic acids is 1. The molecule has 1 aromatic carbocycles. The van der Waals surface area contributed by atoms with Gasteiger partial charge in [0.05, 0.1) is 0 Å². The third-order valence-electron chi connectivity index (χ3n) is 3.05. The standard InChI is InChI=1S/C14H22N2O2/c1-3-9-16(13(4-2)14(17)18)10-11-7-5-6-8-12(11)15/h5-8,13H,3-4,9-10,15H2,1-2H3,(H,17,18). The fourth-order valence-corrected chi connectivity index (χ4v) is 2.12. The van der Waals surface area contributed by atoms with Gasteiger partial charge in [-0.1, -0.05) is 32.0 Å². The summed E-state index contributed by atoms with van der Waals surface area (Å²) in [4.78, 5) is 13.2. The Hall–Kier alpha value is -1.55. The summed E-state index contributed by atoms with van der Waals surface area (Å²) in [7, 11) is 0. The molecule has 0 aliphatic carbocycles. The van der Waals surface area contributed by atoms with Gasteiger partial charge in [-0.15, -0.1) is 0 Å². The van der Waals surface area contributed by atoms with E-state index < -0.39 is 12.0 Å². The summed E-state index contributed by atoms with van der Waals surface area (Å²) in [6.07, 6.45) is 1.53. The van der Waals surface area contributed by atoms with E-state index in [0.717, 1.165) is 24.2 Å². The number of hydrogen-bond acceptors (Lipinski definition) is 3. The number of nitrogens with two attached hydrogens (primary N) is 1. The Balaban J connectivity index is 2.86. The van der Waals surface area contributed by atoms with Gasteiger partial charge in [0, 0.05) is 12.2 Å². The second kappa shape index (κ2) is 7.01. The Kier molecular flexibility index (Phi) is 5.65. The van der Waals surface area contributed by atoms with E-state index in [9.17, 15) is 9.90 Å². The van der Waals surface area contributed by atoms with E-state index in [-0.39, 0.29) is 0 Å². The van der Waals surface area contributed by atoms with Crippen LogP contribution in [0.2, 0.25) is 0 Å². The summed E-state index contributed by atoms with van der Waals surface area (Å²) in [5.41, 5.74) is 7.62. The van der Waals surface area contributed by atoms with Gasteiger partial charge < -0.3 is 10.8 Å². The molecule has 4 heteroatoms. The SMILES string of the molecule is CCCN(Cc1ccccc1N)C(CC)C(=O)O. The summed E-state index contributed by atoms with van der Waals surface area (Å²) < 4.78 is 0. The van der Waals surface area contributed by atoms with Crippen molar-refractivity contribution < 1.29 is 9.90 Å². The number of carboxylic acid groups (broad SMARTS) is 1. The number of aliphatic carboxylic acids is 1. The van der Waals surface area contributed by atoms with E-state index in [0.29, 0.717) is 13.0 Å². The molecule has 1 atom stereocenters. The molecule has 0 radical (unpaired) electrons. The molecular formula is C14H22N2O2. The largest absolute Gasteiger partial charge is 0.480 e. The third-order valence-corrected chi connectivity index (χ3v) is 3.05. The highest BCUT2D eigenvalue weighted by atomic mass is 16.4. The molecule has 1 rings (SSSR count). The lowest BCUT2D eigenvalue weighted by molar-refractivity contribution is -0.143. The molecule has 0 saturated heterocycles. The maximum absolute atomic E-state index is 11.2. The van der Waals surface area contributed by atoms with Crippen LogP contribution in [0.4, 0.5) is 5.69 Å². The highest BCUT2D eigenvalue weighted by molar-refractivity contribution is 5.73. The van der Waals surface area contributed by atoms with Gasteiger partial charge >= 0.3 is 5.97 Å². The van der Waals surface area contributed by atoms with Crippen molar-refractivity contribution in [2.75, 3.05) is 12.3 Å². The number of nitrogens with zero attached hydrogens (tertiary/aromatic N) is 1. The molecule has 0 fully saturated rings. The van der Waals surface area contributed by atoms with Gasteiger partial charge in [-0.25, -0.2) is 0 Å². The average molecular weight is 250 g/mol. The first-order chi connectivity index (χ1) is 8.60. The molecule has 100 valence electrons. The van der Waals surface area contributed by atoms with E-state index in [1.807, 2.05) is 36.1 Å². The maximum atomic E-state index is 11.2. The van der Waals surface area contributed by atoms with Crippen molar-refractivity contribution in [3.05, 3.63) is 29.8 Å². The lowest BCUT2D eigenvalue weighted by Crippen LogP contribution is -2.40. The fourth-order valence-electron chi connectivity index (χ4n) is 2.12. The summed E-state index contributed by atoms with van der Waals surface area (Å²) >= 11 is 0. The van der Waals surface area contributed by atoms with Gasteiger partial charge in [-0.05, 0) is 31.0 Å². The first-order valence-electron chi connectivity index (χ1n) is 6.40. The van der Waals surface area contributed by atoms with Crippen LogP contribution in [0.25, 0.3) is 0 Å². The van der Waals surface area contributed by atoms with Crippen LogP contribution in [0.3, 0.4) is 0 Å². The van der Waals surface area contributed by atoms with Crippen molar-refractivity contribution >= 4 is 11.7 Å². The van der Waals surface area contributed by atoms with Crippen LogP contribution in [0.1, 0.15) is 32.3 Å². The Morgan fingerprint density at radius 2 is 2.06 bits per heavy atom. The molecule has 0 aromatic heterocycles. The van der Waals surface area contributed by atoms with Crippen LogP contribution in [0.5, 0.6) is 0 Å². The summed E-state index contributed by atoms with van der Waals surface area (Å²) in [5, 5.41) is 9.24. The number of nitrogen functional groups attached to an aromatic ring is 1. The van der Waals surface area contributed by atoms with Crippen molar-refractivity contribution in [2.45, 2.75) is 39.3 Å². The fraction of sp³-hybridized carbons (Fsp3) is 0.500. The molecule has 0 heterocycles. The molecule has 0 aliphatic heterocycles. The predicted octanol–water partition coefficient (Wildman–Crippen LogP) is 2.34. The number of para-hydroxylation sites is 1. The molecule has 0 amide bonds. The zero-order valence-electron chi connectivity index (χ0n) is 11.1. The van der Waals surface area contributed by atoms with Crippen LogP contribution in [-0.2, 0) is 11.3 Å². The molecule has 1 aromatic rings. The molecular weight excluding hydrogens is 228 g/mol. The van der Waals surface area contributed by atoms with Crippen molar-refractivity contribution in [1.29, 1.82) is 0 Å². The van der Waals surface area contributed by atoms with E-state index in [1.54, 1.807) is 0 Å². The van der Waals surface area contributed by atoms with Gasteiger partial charge in [0.2, 0.25) is 0 Å². The summed E-state index contributed by atoms with van der Waals surface area (Å²) in [5.74, 6) is -0.763. The van der Waals surface area contributed by atoms with Gasteiger partial charge in [0.1, 0.15) is 6.04 Å². The minimum absolute atomic E-state index is 0.440. The van der Waals surface area contributed by atoms with Crippen LogP contribution >= 0.6 is 0 Å². The lowest BCUT2D eigenvalue weighted by Gasteiger charge is -2.28.